The van der Waals surface area contributed by atoms with Crippen molar-refractivity contribution in [2.45, 2.75) is 38.0 Å². The van der Waals surface area contributed by atoms with Gasteiger partial charge in [-0.05, 0) is 31.9 Å². The Balaban J connectivity index is 1.54. The second-order valence-corrected chi connectivity index (χ2v) is 6.53. The molecule has 0 saturated carbocycles. The number of hydrogen-bond acceptors (Lipinski definition) is 4. The molecule has 2 aliphatic rings. The molecule has 2 fully saturated rings. The summed E-state index contributed by atoms with van der Waals surface area (Å²) in [6.45, 7) is 3.36. The van der Waals surface area contributed by atoms with Gasteiger partial charge >= 0.3 is 0 Å². The van der Waals surface area contributed by atoms with Crippen LogP contribution in [0.3, 0.4) is 0 Å². The zero-order valence-corrected chi connectivity index (χ0v) is 12.8. The van der Waals surface area contributed by atoms with Crippen molar-refractivity contribution in [1.29, 1.82) is 0 Å². The van der Waals surface area contributed by atoms with Crippen molar-refractivity contribution in [1.82, 2.24) is 4.90 Å². The molecule has 0 spiro atoms. The lowest BCUT2D eigenvalue weighted by atomic mass is 9.89. The highest BCUT2D eigenvalue weighted by Gasteiger charge is 2.37. The molecule has 22 heavy (non-hydrogen) atoms. The number of fused-ring (bicyclic) bond motifs is 1. The minimum atomic E-state index is -0.222. The van der Waals surface area contributed by atoms with E-state index in [-0.39, 0.29) is 12.0 Å². The number of benzene rings is 1. The summed E-state index contributed by atoms with van der Waals surface area (Å²) in [5, 5.41) is 11.5. The van der Waals surface area contributed by atoms with Crippen LogP contribution in [0.5, 0.6) is 0 Å². The van der Waals surface area contributed by atoms with Crippen molar-refractivity contribution < 1.29 is 14.3 Å². The number of furan rings is 1. The van der Waals surface area contributed by atoms with Crippen molar-refractivity contribution in [3.63, 3.8) is 0 Å². The van der Waals surface area contributed by atoms with E-state index < -0.39 is 0 Å². The highest BCUT2D eigenvalue weighted by atomic mass is 16.5. The van der Waals surface area contributed by atoms with Gasteiger partial charge in [0.15, 0.2) is 0 Å². The van der Waals surface area contributed by atoms with Crippen LogP contribution >= 0.6 is 0 Å². The van der Waals surface area contributed by atoms with Gasteiger partial charge in [-0.3, -0.25) is 4.90 Å². The van der Waals surface area contributed by atoms with E-state index in [9.17, 15) is 5.11 Å². The molecule has 0 bridgehead atoms. The summed E-state index contributed by atoms with van der Waals surface area (Å²) in [6, 6.07) is 8.62. The van der Waals surface area contributed by atoms with Gasteiger partial charge in [-0.1, -0.05) is 18.2 Å². The zero-order valence-electron chi connectivity index (χ0n) is 12.8. The molecule has 1 aromatic heterocycles. The van der Waals surface area contributed by atoms with E-state index in [2.05, 4.69) is 17.0 Å². The Morgan fingerprint density at radius 3 is 3.05 bits per heavy atom. The van der Waals surface area contributed by atoms with Gasteiger partial charge in [-0.15, -0.1) is 0 Å². The third-order valence-corrected chi connectivity index (χ3v) is 5.21. The Morgan fingerprint density at radius 2 is 2.14 bits per heavy atom. The Labute approximate surface area is 130 Å². The largest absolute Gasteiger partial charge is 0.464 e. The highest BCUT2D eigenvalue weighted by Crippen LogP contribution is 2.32. The molecule has 3 heterocycles. The average molecular weight is 301 g/mol. The SMILES string of the molecule is OC1CCOCC1C1CCCN1Cc1coc2ccccc12. The van der Waals surface area contributed by atoms with Crippen molar-refractivity contribution in [3.05, 3.63) is 36.1 Å². The molecule has 4 nitrogen and oxygen atoms in total. The number of ether oxygens (including phenoxy) is 1. The van der Waals surface area contributed by atoms with Crippen LogP contribution in [-0.2, 0) is 11.3 Å². The first kappa shape index (κ1) is 14.2. The predicted octanol–water partition coefficient (Wildman–Crippen LogP) is 2.79. The van der Waals surface area contributed by atoms with Crippen molar-refractivity contribution >= 4 is 11.0 Å². The smallest absolute Gasteiger partial charge is 0.134 e. The number of para-hydroxylation sites is 1. The summed E-state index contributed by atoms with van der Waals surface area (Å²) in [6.07, 6.45) is 4.78. The van der Waals surface area contributed by atoms with Gasteiger partial charge in [0.1, 0.15) is 5.58 Å². The Morgan fingerprint density at radius 1 is 1.23 bits per heavy atom. The van der Waals surface area contributed by atoms with Crippen LogP contribution in [0.2, 0.25) is 0 Å². The minimum Gasteiger partial charge on any atom is -0.464 e. The molecule has 4 heteroatoms. The topological polar surface area (TPSA) is 45.8 Å². The summed E-state index contributed by atoms with van der Waals surface area (Å²) in [5.41, 5.74) is 2.20. The van der Waals surface area contributed by atoms with Gasteiger partial charge in [-0.25, -0.2) is 0 Å². The van der Waals surface area contributed by atoms with Crippen LogP contribution < -0.4 is 0 Å². The molecule has 2 aliphatic heterocycles. The van der Waals surface area contributed by atoms with E-state index in [4.69, 9.17) is 9.15 Å². The maximum Gasteiger partial charge on any atom is 0.134 e. The first-order chi connectivity index (χ1) is 10.8. The fourth-order valence-corrected chi connectivity index (χ4v) is 4.02. The standard InChI is InChI=1S/C18H23NO3/c20-17-7-9-21-12-15(17)16-5-3-8-19(16)10-13-11-22-18-6-2-1-4-14(13)18/h1-2,4,6,11,15-17,20H,3,5,7-10,12H2. The first-order valence-corrected chi connectivity index (χ1v) is 8.28. The van der Waals surface area contributed by atoms with Gasteiger partial charge in [0, 0.05) is 36.1 Å². The number of rotatable bonds is 3. The highest BCUT2D eigenvalue weighted by molar-refractivity contribution is 5.80. The van der Waals surface area contributed by atoms with Crippen LogP contribution in [0.1, 0.15) is 24.8 Å². The van der Waals surface area contributed by atoms with Gasteiger partial charge in [0.2, 0.25) is 0 Å². The molecular formula is C18H23NO3. The predicted molar refractivity (Wildman–Crippen MR) is 84.6 cm³/mol. The molecule has 0 radical (unpaired) electrons. The van der Waals surface area contributed by atoms with Gasteiger partial charge in [0.05, 0.1) is 19.0 Å². The molecule has 2 aromatic rings. The molecule has 3 atom stereocenters. The molecule has 3 unspecified atom stereocenters. The first-order valence-electron chi connectivity index (χ1n) is 8.28. The van der Waals surface area contributed by atoms with Crippen LogP contribution in [0.15, 0.2) is 34.9 Å². The summed E-state index contributed by atoms with van der Waals surface area (Å²) < 4.78 is 11.3. The summed E-state index contributed by atoms with van der Waals surface area (Å²) >= 11 is 0. The summed E-state index contributed by atoms with van der Waals surface area (Å²) in [4.78, 5) is 2.50. The molecule has 118 valence electrons. The molecule has 2 saturated heterocycles. The molecule has 1 N–H and O–H groups in total. The minimum absolute atomic E-state index is 0.222. The Hall–Kier alpha value is -1.36. The van der Waals surface area contributed by atoms with E-state index in [0.29, 0.717) is 19.3 Å². The second-order valence-electron chi connectivity index (χ2n) is 6.53. The molecule has 0 aliphatic carbocycles. The Kier molecular flexibility index (Phi) is 3.90. The van der Waals surface area contributed by atoms with Gasteiger partial charge < -0.3 is 14.3 Å². The fraction of sp³-hybridized carbons (Fsp3) is 0.556. The third-order valence-electron chi connectivity index (χ3n) is 5.21. The number of aliphatic hydroxyl groups excluding tert-OH is 1. The van der Waals surface area contributed by atoms with Crippen molar-refractivity contribution in [2.24, 2.45) is 5.92 Å². The zero-order chi connectivity index (χ0) is 14.9. The molecular weight excluding hydrogens is 278 g/mol. The van der Waals surface area contributed by atoms with E-state index >= 15 is 0 Å². The van der Waals surface area contributed by atoms with E-state index in [1.165, 1.54) is 17.4 Å². The molecule has 0 amide bonds. The average Bonchev–Trinajstić information content (AvgIpc) is 3.16. The monoisotopic (exact) mass is 301 g/mol. The van der Waals surface area contributed by atoms with E-state index in [0.717, 1.165) is 31.5 Å². The van der Waals surface area contributed by atoms with Crippen LogP contribution in [0.4, 0.5) is 0 Å². The van der Waals surface area contributed by atoms with Crippen LogP contribution in [0.25, 0.3) is 11.0 Å². The van der Waals surface area contributed by atoms with Crippen LogP contribution in [-0.4, -0.2) is 41.9 Å². The number of aliphatic hydroxyl groups is 1. The van der Waals surface area contributed by atoms with Crippen molar-refractivity contribution in [2.75, 3.05) is 19.8 Å². The number of likely N-dealkylation sites (tertiary alicyclic amines) is 1. The molecule has 1 aromatic carbocycles. The van der Waals surface area contributed by atoms with Crippen LogP contribution in [0, 0.1) is 5.92 Å². The quantitative estimate of drug-likeness (QED) is 0.947. The third kappa shape index (κ3) is 2.56. The lowest BCUT2D eigenvalue weighted by Gasteiger charge is -2.37. The van der Waals surface area contributed by atoms with Gasteiger partial charge in [0.25, 0.3) is 0 Å². The maximum absolute atomic E-state index is 10.3. The Bertz CT molecular complexity index is 638. The summed E-state index contributed by atoms with van der Waals surface area (Å²) in [5.74, 6) is 0.245. The fourth-order valence-electron chi connectivity index (χ4n) is 4.02. The van der Waals surface area contributed by atoms with E-state index in [1.807, 2.05) is 18.4 Å². The lowest BCUT2D eigenvalue weighted by Crippen LogP contribution is -2.45. The van der Waals surface area contributed by atoms with Gasteiger partial charge in [-0.2, -0.15) is 0 Å². The molecule has 4 rings (SSSR count). The van der Waals surface area contributed by atoms with Crippen molar-refractivity contribution in [3.8, 4) is 0 Å². The normalized spacial score (nSPS) is 30.1. The number of nitrogens with zero attached hydrogens (tertiary/aromatic N) is 1. The second kappa shape index (κ2) is 6.03. The maximum atomic E-state index is 10.3. The van der Waals surface area contributed by atoms with E-state index in [1.54, 1.807) is 0 Å². The summed E-state index contributed by atoms with van der Waals surface area (Å²) in [7, 11) is 0. The lowest BCUT2D eigenvalue weighted by molar-refractivity contribution is -0.0635. The number of hydrogen-bond donors (Lipinski definition) is 1.